The molecule has 1 aromatic carbocycles. The summed E-state index contributed by atoms with van der Waals surface area (Å²) in [6.07, 6.45) is 1.52. The van der Waals surface area contributed by atoms with Crippen molar-refractivity contribution in [1.29, 1.82) is 0 Å². The van der Waals surface area contributed by atoms with Gasteiger partial charge in [-0.1, -0.05) is 23.7 Å². The quantitative estimate of drug-likeness (QED) is 0.526. The van der Waals surface area contributed by atoms with E-state index in [4.69, 9.17) is 33.3 Å². The van der Waals surface area contributed by atoms with Crippen LogP contribution in [0.15, 0.2) is 24.3 Å². The second-order valence-electron chi connectivity index (χ2n) is 6.76. The summed E-state index contributed by atoms with van der Waals surface area (Å²) in [6.45, 7) is 1.54. The molecule has 0 spiro atoms. The van der Waals surface area contributed by atoms with Gasteiger partial charge in [0.25, 0.3) is 5.91 Å². The molecule has 2 aliphatic rings. The molecular formula is C19H22ClN3O5S. The van der Waals surface area contributed by atoms with Gasteiger partial charge in [0.2, 0.25) is 5.91 Å². The van der Waals surface area contributed by atoms with Gasteiger partial charge in [0.05, 0.1) is 23.1 Å². The van der Waals surface area contributed by atoms with Crippen molar-refractivity contribution in [2.24, 2.45) is 0 Å². The Morgan fingerprint density at radius 2 is 2.17 bits per heavy atom. The highest BCUT2D eigenvalue weighted by atomic mass is 35.5. The van der Waals surface area contributed by atoms with Crippen molar-refractivity contribution in [2.45, 2.75) is 31.4 Å². The number of amides is 2. The van der Waals surface area contributed by atoms with Gasteiger partial charge in [-0.15, -0.1) is 0 Å². The summed E-state index contributed by atoms with van der Waals surface area (Å²) in [5.41, 5.74) is 0.269. The van der Waals surface area contributed by atoms with Gasteiger partial charge in [0.15, 0.2) is 5.11 Å². The van der Waals surface area contributed by atoms with E-state index in [2.05, 4.69) is 10.6 Å². The fraction of sp³-hybridized carbons (Fsp3) is 0.474. The fourth-order valence-electron chi connectivity index (χ4n) is 3.22. The van der Waals surface area contributed by atoms with Crippen molar-refractivity contribution in [3.8, 4) is 0 Å². The van der Waals surface area contributed by atoms with Crippen LogP contribution in [-0.4, -0.2) is 66.2 Å². The zero-order valence-corrected chi connectivity index (χ0v) is 17.3. The lowest BCUT2D eigenvalue weighted by atomic mass is 10.1. The highest BCUT2D eigenvalue weighted by Crippen LogP contribution is 2.16. The van der Waals surface area contributed by atoms with Gasteiger partial charge < -0.3 is 19.7 Å². The van der Waals surface area contributed by atoms with Crippen LogP contribution >= 0.6 is 23.8 Å². The molecule has 8 nitrogen and oxygen atoms in total. The Bertz CT molecular complexity index is 800. The van der Waals surface area contributed by atoms with Crippen LogP contribution < -0.4 is 10.6 Å². The Morgan fingerprint density at radius 1 is 1.38 bits per heavy atom. The van der Waals surface area contributed by atoms with Crippen LogP contribution in [0, 0.1) is 0 Å². The topological polar surface area (TPSA) is 97.0 Å². The Hall–Kier alpha value is -2.23. The Morgan fingerprint density at radius 3 is 2.90 bits per heavy atom. The molecule has 0 saturated carbocycles. The van der Waals surface area contributed by atoms with E-state index in [0.717, 1.165) is 12.8 Å². The summed E-state index contributed by atoms with van der Waals surface area (Å²) in [6, 6.07) is 5.71. The van der Waals surface area contributed by atoms with Crippen LogP contribution in [0.4, 0.5) is 0 Å². The molecule has 2 atom stereocenters. The molecule has 2 N–H and O–H groups in total. The summed E-state index contributed by atoms with van der Waals surface area (Å²) in [4.78, 5) is 38.6. The summed E-state index contributed by atoms with van der Waals surface area (Å²) in [7, 11) is 0. The molecule has 2 fully saturated rings. The first kappa shape index (κ1) is 21.5. The van der Waals surface area contributed by atoms with E-state index >= 15 is 0 Å². The molecule has 0 unspecified atom stereocenters. The molecular weight excluding hydrogens is 418 g/mol. The monoisotopic (exact) mass is 439 g/mol. The molecule has 0 bridgehead atoms. The maximum Gasteiger partial charge on any atom is 0.308 e. The van der Waals surface area contributed by atoms with Crippen LogP contribution in [0.2, 0.25) is 5.02 Å². The molecule has 2 heterocycles. The van der Waals surface area contributed by atoms with Gasteiger partial charge in [-0.25, -0.2) is 0 Å². The SMILES string of the molecule is O=C(C[C@H]1C(=O)NCCN1C(=S)NC(=O)c1ccccc1Cl)OC[C@H]1CCCO1. The number of benzene rings is 1. The van der Waals surface area contributed by atoms with E-state index in [1.54, 1.807) is 24.3 Å². The van der Waals surface area contributed by atoms with Gasteiger partial charge in [-0.05, 0) is 37.2 Å². The second kappa shape index (κ2) is 10.00. The van der Waals surface area contributed by atoms with Crippen molar-refractivity contribution in [3.63, 3.8) is 0 Å². The molecule has 0 radical (unpaired) electrons. The van der Waals surface area contributed by atoms with E-state index < -0.39 is 17.9 Å². The van der Waals surface area contributed by atoms with Crippen LogP contribution in [0.1, 0.15) is 29.6 Å². The molecule has 2 aliphatic heterocycles. The molecule has 2 amide bonds. The molecule has 0 aliphatic carbocycles. The van der Waals surface area contributed by atoms with Crippen molar-refractivity contribution in [2.75, 3.05) is 26.3 Å². The third kappa shape index (κ3) is 5.65. The Kier molecular flexibility index (Phi) is 7.40. The maximum absolute atomic E-state index is 12.5. The average molecular weight is 440 g/mol. The normalized spacial score (nSPS) is 21.4. The maximum atomic E-state index is 12.5. The first-order valence-corrected chi connectivity index (χ1v) is 10.2. The molecule has 29 heavy (non-hydrogen) atoms. The Labute approximate surface area is 178 Å². The van der Waals surface area contributed by atoms with E-state index in [0.29, 0.717) is 24.7 Å². The van der Waals surface area contributed by atoms with Crippen LogP contribution in [0.5, 0.6) is 0 Å². The number of hydrogen-bond donors (Lipinski definition) is 2. The van der Waals surface area contributed by atoms with Gasteiger partial charge in [-0.2, -0.15) is 0 Å². The molecule has 2 saturated heterocycles. The summed E-state index contributed by atoms with van der Waals surface area (Å²) in [5, 5.41) is 5.64. The lowest BCUT2D eigenvalue weighted by Gasteiger charge is -2.36. The predicted molar refractivity (Wildman–Crippen MR) is 110 cm³/mol. The minimum Gasteiger partial charge on any atom is -0.463 e. The number of carbonyl (C=O) groups excluding carboxylic acids is 3. The number of thiocarbonyl (C=S) groups is 1. The standard InChI is InChI=1S/C19H22ClN3O5S/c20-14-6-2-1-5-13(14)17(25)22-19(29)23-8-7-21-18(26)15(23)10-16(24)28-11-12-4-3-9-27-12/h1-2,5-6,12,15H,3-4,7-11H2,(H,21,26)(H,22,25,29)/t12-,15+/m1/s1. The average Bonchev–Trinajstić information content (AvgIpc) is 3.22. The number of nitrogens with one attached hydrogen (secondary N) is 2. The summed E-state index contributed by atoms with van der Waals surface area (Å²) < 4.78 is 10.7. The molecule has 156 valence electrons. The number of hydrogen-bond acceptors (Lipinski definition) is 6. The number of halogens is 1. The van der Waals surface area contributed by atoms with E-state index in [9.17, 15) is 14.4 Å². The Balaban J connectivity index is 1.60. The smallest absolute Gasteiger partial charge is 0.308 e. The summed E-state index contributed by atoms with van der Waals surface area (Å²) >= 11 is 11.4. The van der Waals surface area contributed by atoms with Crippen LogP contribution in [-0.2, 0) is 19.1 Å². The van der Waals surface area contributed by atoms with Crippen molar-refractivity contribution in [1.82, 2.24) is 15.5 Å². The van der Waals surface area contributed by atoms with Crippen molar-refractivity contribution >= 4 is 46.7 Å². The van der Waals surface area contributed by atoms with Crippen molar-refractivity contribution in [3.05, 3.63) is 34.9 Å². The number of esters is 1. The number of nitrogens with zero attached hydrogens (tertiary/aromatic N) is 1. The van der Waals surface area contributed by atoms with Crippen LogP contribution in [0.25, 0.3) is 0 Å². The zero-order chi connectivity index (χ0) is 20.8. The summed E-state index contributed by atoms with van der Waals surface area (Å²) in [5.74, 6) is -1.35. The third-order valence-electron chi connectivity index (χ3n) is 4.74. The molecule has 0 aromatic heterocycles. The molecule has 3 rings (SSSR count). The van der Waals surface area contributed by atoms with Crippen LogP contribution in [0.3, 0.4) is 0 Å². The first-order valence-electron chi connectivity index (χ1n) is 9.37. The van der Waals surface area contributed by atoms with Gasteiger partial charge in [-0.3, -0.25) is 19.7 Å². The number of ether oxygens (including phenoxy) is 2. The minimum absolute atomic E-state index is 0.0571. The zero-order valence-electron chi connectivity index (χ0n) is 15.7. The lowest BCUT2D eigenvalue weighted by Crippen LogP contribution is -2.60. The number of rotatable bonds is 5. The predicted octanol–water partition coefficient (Wildman–Crippen LogP) is 1.27. The highest BCUT2D eigenvalue weighted by molar-refractivity contribution is 7.80. The first-order chi connectivity index (χ1) is 14.0. The van der Waals surface area contributed by atoms with E-state index in [-0.39, 0.29) is 35.7 Å². The number of carbonyl (C=O) groups is 3. The fourth-order valence-corrected chi connectivity index (χ4v) is 3.75. The lowest BCUT2D eigenvalue weighted by molar-refractivity contribution is -0.150. The highest BCUT2D eigenvalue weighted by Gasteiger charge is 2.34. The number of piperazine rings is 1. The molecule has 10 heteroatoms. The van der Waals surface area contributed by atoms with Crippen molar-refractivity contribution < 1.29 is 23.9 Å². The van der Waals surface area contributed by atoms with E-state index in [1.807, 2.05) is 0 Å². The minimum atomic E-state index is -0.861. The van der Waals surface area contributed by atoms with E-state index in [1.165, 1.54) is 4.90 Å². The second-order valence-corrected chi connectivity index (χ2v) is 7.56. The third-order valence-corrected chi connectivity index (χ3v) is 5.41. The largest absolute Gasteiger partial charge is 0.463 e. The van der Waals surface area contributed by atoms with Gasteiger partial charge in [0, 0.05) is 19.7 Å². The molecule has 1 aromatic rings. The van der Waals surface area contributed by atoms with Gasteiger partial charge in [0.1, 0.15) is 12.6 Å². The van der Waals surface area contributed by atoms with Gasteiger partial charge >= 0.3 is 5.97 Å².